The van der Waals surface area contributed by atoms with Crippen molar-refractivity contribution in [2.24, 2.45) is 5.73 Å². The van der Waals surface area contributed by atoms with E-state index in [-0.39, 0.29) is 0 Å². The zero-order valence-corrected chi connectivity index (χ0v) is 12.4. The van der Waals surface area contributed by atoms with Gasteiger partial charge < -0.3 is 15.5 Å². The van der Waals surface area contributed by atoms with Crippen LogP contribution in [0.25, 0.3) is 0 Å². The minimum Gasteiger partial charge on any atom is -0.354 e. The highest BCUT2D eigenvalue weighted by Crippen LogP contribution is 2.21. The van der Waals surface area contributed by atoms with Gasteiger partial charge in [-0.1, -0.05) is 20.8 Å². The highest BCUT2D eigenvalue weighted by molar-refractivity contribution is 5.43. The summed E-state index contributed by atoms with van der Waals surface area (Å²) in [5, 5.41) is 0. The third-order valence-corrected chi connectivity index (χ3v) is 3.86. The first-order chi connectivity index (χ1) is 9.13. The summed E-state index contributed by atoms with van der Waals surface area (Å²) >= 11 is 0. The van der Waals surface area contributed by atoms with Crippen molar-refractivity contribution in [2.45, 2.75) is 33.2 Å². The van der Waals surface area contributed by atoms with Crippen LogP contribution in [0.4, 0.5) is 5.82 Å². The fourth-order valence-electron chi connectivity index (χ4n) is 2.46. The number of anilines is 1. The summed E-state index contributed by atoms with van der Waals surface area (Å²) in [4.78, 5) is 9.67. The van der Waals surface area contributed by atoms with Crippen molar-refractivity contribution in [2.75, 3.05) is 37.6 Å². The van der Waals surface area contributed by atoms with Gasteiger partial charge in [0.2, 0.25) is 0 Å². The van der Waals surface area contributed by atoms with Crippen LogP contribution in [-0.4, -0.2) is 42.6 Å². The Balaban J connectivity index is 2.17. The number of hydrogen-bond donors (Lipinski definition) is 1. The quantitative estimate of drug-likeness (QED) is 0.899. The van der Waals surface area contributed by atoms with Crippen LogP contribution in [0.15, 0.2) is 12.1 Å². The lowest BCUT2D eigenvalue weighted by molar-refractivity contribution is 0.270. The number of aromatic nitrogens is 1. The van der Waals surface area contributed by atoms with E-state index in [9.17, 15) is 0 Å². The number of rotatable bonds is 4. The topological polar surface area (TPSA) is 45.4 Å². The molecule has 0 bridgehead atoms. The third-order valence-electron chi connectivity index (χ3n) is 3.86. The average Bonchev–Trinajstić information content (AvgIpc) is 2.46. The normalized spacial score (nSPS) is 17.2. The molecule has 2 N–H and O–H groups in total. The highest BCUT2D eigenvalue weighted by Gasteiger charge is 2.18. The van der Waals surface area contributed by atoms with Crippen LogP contribution in [0, 0.1) is 0 Å². The summed E-state index contributed by atoms with van der Waals surface area (Å²) in [5.74, 6) is 1.55. The fourth-order valence-corrected chi connectivity index (χ4v) is 2.46. The Labute approximate surface area is 116 Å². The molecule has 0 unspecified atom stereocenters. The molecule has 2 rings (SSSR count). The molecule has 1 aromatic rings. The van der Waals surface area contributed by atoms with Crippen molar-refractivity contribution < 1.29 is 0 Å². The molecule has 1 fully saturated rings. The van der Waals surface area contributed by atoms with Crippen LogP contribution >= 0.6 is 0 Å². The smallest absolute Gasteiger partial charge is 0.129 e. The van der Waals surface area contributed by atoms with Gasteiger partial charge in [0.05, 0.1) is 0 Å². The second-order valence-electron chi connectivity index (χ2n) is 5.54. The van der Waals surface area contributed by atoms with Gasteiger partial charge in [-0.15, -0.1) is 0 Å². The molecule has 0 amide bonds. The molecule has 106 valence electrons. The van der Waals surface area contributed by atoms with Crippen molar-refractivity contribution in [3.8, 4) is 0 Å². The van der Waals surface area contributed by atoms with Gasteiger partial charge in [0.15, 0.2) is 0 Å². The van der Waals surface area contributed by atoms with Crippen LogP contribution in [0.2, 0.25) is 0 Å². The van der Waals surface area contributed by atoms with Gasteiger partial charge in [0.1, 0.15) is 5.82 Å². The van der Waals surface area contributed by atoms with E-state index in [1.54, 1.807) is 0 Å². The SMILES string of the molecule is CCN1CCN(c2cc(CN)cc(C(C)C)n2)CC1. The zero-order chi connectivity index (χ0) is 13.8. The van der Waals surface area contributed by atoms with Gasteiger partial charge in [0.25, 0.3) is 0 Å². The predicted octanol–water partition coefficient (Wildman–Crippen LogP) is 1.81. The monoisotopic (exact) mass is 262 g/mol. The van der Waals surface area contributed by atoms with Crippen molar-refractivity contribution in [1.82, 2.24) is 9.88 Å². The van der Waals surface area contributed by atoms with Crippen LogP contribution in [0.3, 0.4) is 0 Å². The Morgan fingerprint density at radius 3 is 2.42 bits per heavy atom. The molecular formula is C15H26N4. The first-order valence-corrected chi connectivity index (χ1v) is 7.32. The lowest BCUT2D eigenvalue weighted by atomic mass is 10.1. The second kappa shape index (κ2) is 6.35. The van der Waals surface area contributed by atoms with Gasteiger partial charge in [-0.3, -0.25) is 0 Å². The lowest BCUT2D eigenvalue weighted by Crippen LogP contribution is -2.46. The molecular weight excluding hydrogens is 236 g/mol. The molecule has 4 heteroatoms. The summed E-state index contributed by atoms with van der Waals surface area (Å²) in [7, 11) is 0. The van der Waals surface area contributed by atoms with Gasteiger partial charge in [-0.25, -0.2) is 4.98 Å². The second-order valence-corrected chi connectivity index (χ2v) is 5.54. The molecule has 0 spiro atoms. The fraction of sp³-hybridized carbons (Fsp3) is 0.667. The van der Waals surface area contributed by atoms with Crippen molar-refractivity contribution in [1.29, 1.82) is 0 Å². The number of likely N-dealkylation sites (N-methyl/N-ethyl adjacent to an activating group) is 1. The van der Waals surface area contributed by atoms with Crippen LogP contribution < -0.4 is 10.6 Å². The van der Waals surface area contributed by atoms with Crippen LogP contribution in [-0.2, 0) is 6.54 Å². The maximum absolute atomic E-state index is 5.81. The maximum atomic E-state index is 5.81. The van der Waals surface area contributed by atoms with Gasteiger partial charge in [0, 0.05) is 38.4 Å². The molecule has 2 heterocycles. The van der Waals surface area contributed by atoms with Crippen LogP contribution in [0.5, 0.6) is 0 Å². The highest BCUT2D eigenvalue weighted by atomic mass is 15.3. The molecule has 4 nitrogen and oxygen atoms in total. The van der Waals surface area contributed by atoms with Gasteiger partial charge in [-0.05, 0) is 30.2 Å². The van der Waals surface area contributed by atoms with Gasteiger partial charge in [-0.2, -0.15) is 0 Å². The molecule has 0 aromatic carbocycles. The van der Waals surface area contributed by atoms with Crippen LogP contribution in [0.1, 0.15) is 37.9 Å². The number of hydrogen-bond acceptors (Lipinski definition) is 4. The van der Waals surface area contributed by atoms with E-state index in [2.05, 4.69) is 42.7 Å². The van der Waals surface area contributed by atoms with Crippen molar-refractivity contribution in [3.05, 3.63) is 23.4 Å². The van der Waals surface area contributed by atoms with E-state index in [1.807, 2.05) is 0 Å². The molecule has 0 saturated carbocycles. The summed E-state index contributed by atoms with van der Waals surface area (Å²) in [6, 6.07) is 4.28. The Kier molecular flexibility index (Phi) is 4.77. The number of piperazine rings is 1. The minimum atomic E-state index is 0.446. The molecule has 1 aliphatic heterocycles. The third kappa shape index (κ3) is 3.45. The van der Waals surface area contributed by atoms with E-state index in [4.69, 9.17) is 10.7 Å². The molecule has 1 saturated heterocycles. The number of pyridine rings is 1. The van der Waals surface area contributed by atoms with Crippen molar-refractivity contribution >= 4 is 5.82 Å². The first kappa shape index (κ1) is 14.3. The first-order valence-electron chi connectivity index (χ1n) is 7.32. The summed E-state index contributed by atoms with van der Waals surface area (Å²) in [5.41, 5.74) is 8.14. The Morgan fingerprint density at radius 1 is 1.21 bits per heavy atom. The Morgan fingerprint density at radius 2 is 1.89 bits per heavy atom. The largest absolute Gasteiger partial charge is 0.354 e. The molecule has 1 aromatic heterocycles. The lowest BCUT2D eigenvalue weighted by Gasteiger charge is -2.35. The number of nitrogens with two attached hydrogens (primary N) is 1. The van der Waals surface area contributed by atoms with Crippen molar-refractivity contribution in [3.63, 3.8) is 0 Å². The van der Waals surface area contributed by atoms with E-state index in [1.165, 1.54) is 5.56 Å². The Hall–Kier alpha value is -1.13. The summed E-state index contributed by atoms with van der Waals surface area (Å²) in [6.07, 6.45) is 0. The maximum Gasteiger partial charge on any atom is 0.129 e. The average molecular weight is 262 g/mol. The van der Waals surface area contributed by atoms with E-state index in [0.717, 1.165) is 44.2 Å². The zero-order valence-electron chi connectivity index (χ0n) is 12.4. The molecule has 0 aliphatic carbocycles. The standard InChI is InChI=1S/C15H26N4/c1-4-18-5-7-19(8-6-18)15-10-13(11-16)9-14(17-15)12(2)3/h9-10,12H,4-8,11,16H2,1-3H3. The van der Waals surface area contributed by atoms with E-state index in [0.29, 0.717) is 12.5 Å². The Bertz CT molecular complexity index is 409. The summed E-state index contributed by atoms with van der Waals surface area (Å²) in [6.45, 7) is 12.7. The minimum absolute atomic E-state index is 0.446. The van der Waals surface area contributed by atoms with Gasteiger partial charge >= 0.3 is 0 Å². The molecule has 19 heavy (non-hydrogen) atoms. The van der Waals surface area contributed by atoms with E-state index >= 15 is 0 Å². The number of nitrogens with zero attached hydrogens (tertiary/aromatic N) is 3. The molecule has 0 radical (unpaired) electrons. The molecule has 0 atom stereocenters. The molecule has 1 aliphatic rings. The predicted molar refractivity (Wildman–Crippen MR) is 80.5 cm³/mol. The van der Waals surface area contributed by atoms with E-state index < -0.39 is 0 Å². The summed E-state index contributed by atoms with van der Waals surface area (Å²) < 4.78 is 0.